The van der Waals surface area contributed by atoms with Gasteiger partial charge >= 0.3 is 5.97 Å². The summed E-state index contributed by atoms with van der Waals surface area (Å²) in [5, 5.41) is 0.471. The molecule has 4 aromatic carbocycles. The number of hydrogen-bond acceptors (Lipinski definition) is 5. The third-order valence-electron chi connectivity index (χ3n) is 7.42. The van der Waals surface area contributed by atoms with Crippen molar-refractivity contribution in [2.24, 2.45) is 0 Å². The minimum atomic E-state index is -1.19. The molecule has 0 spiro atoms. The van der Waals surface area contributed by atoms with E-state index in [2.05, 4.69) is 11.0 Å². The Morgan fingerprint density at radius 2 is 1.21 bits per heavy atom. The number of likely N-dealkylation sites (tertiary alicyclic amines) is 1. The van der Waals surface area contributed by atoms with E-state index in [0.29, 0.717) is 21.7 Å². The second-order valence-electron chi connectivity index (χ2n) is 9.92. The number of carbonyl (C=O) groups excluding carboxylic acids is 3. The average Bonchev–Trinajstić information content (AvgIpc) is 3.02. The first-order valence-electron chi connectivity index (χ1n) is 13.2. The number of piperidine rings is 1. The highest BCUT2D eigenvalue weighted by Gasteiger charge is 2.45. The molecule has 2 amide bonds. The molecule has 0 radical (unpaired) electrons. The molecule has 5 rings (SSSR count). The highest BCUT2D eigenvalue weighted by Crippen LogP contribution is 2.37. The van der Waals surface area contributed by atoms with Gasteiger partial charge in [-0.25, -0.2) is 13.6 Å². The third-order valence-corrected chi connectivity index (χ3v) is 7.67. The topological polar surface area (TPSA) is 87.7 Å². The molecule has 10 heteroatoms. The van der Waals surface area contributed by atoms with E-state index < -0.39 is 23.1 Å². The molecule has 1 aliphatic heterocycles. The van der Waals surface area contributed by atoms with E-state index in [0.717, 1.165) is 11.1 Å². The van der Waals surface area contributed by atoms with Crippen molar-refractivity contribution >= 4 is 29.4 Å². The molecule has 1 aliphatic rings. The quantitative estimate of drug-likeness (QED) is 0.264. The number of rotatable bonds is 7. The van der Waals surface area contributed by atoms with Gasteiger partial charge in [0.1, 0.15) is 11.6 Å². The summed E-state index contributed by atoms with van der Waals surface area (Å²) in [6.45, 7) is 0.477. The Labute approximate surface area is 246 Å². The van der Waals surface area contributed by atoms with Crippen LogP contribution in [-0.4, -0.2) is 35.8 Å². The Morgan fingerprint density at radius 1 is 0.714 bits per heavy atom. The number of carbonyl (C=O) groups is 3. The van der Waals surface area contributed by atoms with Crippen molar-refractivity contribution in [3.63, 3.8) is 0 Å². The fourth-order valence-corrected chi connectivity index (χ4v) is 5.12. The number of hydrogen-bond donors (Lipinski definition) is 2. The zero-order valence-electron chi connectivity index (χ0n) is 22.3. The fourth-order valence-electron chi connectivity index (χ4n) is 4.99. The molecule has 42 heavy (non-hydrogen) atoms. The van der Waals surface area contributed by atoms with Crippen LogP contribution in [0.25, 0.3) is 11.1 Å². The van der Waals surface area contributed by atoms with Crippen molar-refractivity contribution in [2.45, 2.75) is 18.3 Å². The standard InChI is InChI=1S/C32H26ClF2N3O4/c33-26-11-5-23(6-12-26)29(39)36-37-42-31(41)32(25-9-15-28(35)16-10-25)17-19-38(20-18-32)30(40)24-3-1-21(2-4-24)22-7-13-27(34)14-8-22/h1-16,37H,17-20H2,(H,36,39). The summed E-state index contributed by atoms with van der Waals surface area (Å²) >= 11 is 5.85. The summed E-state index contributed by atoms with van der Waals surface area (Å²) in [6, 6.07) is 24.8. The van der Waals surface area contributed by atoms with Crippen LogP contribution in [0.4, 0.5) is 8.78 Å². The molecule has 0 bridgehead atoms. The fraction of sp³-hybridized carbons (Fsp3) is 0.156. The van der Waals surface area contributed by atoms with E-state index in [1.807, 2.05) is 0 Å². The molecule has 1 saturated heterocycles. The molecule has 7 nitrogen and oxygen atoms in total. The van der Waals surface area contributed by atoms with Crippen LogP contribution in [0.15, 0.2) is 97.1 Å². The maximum Gasteiger partial charge on any atom is 0.337 e. The summed E-state index contributed by atoms with van der Waals surface area (Å²) in [5.41, 5.74) is 6.34. The molecule has 0 saturated carbocycles. The number of nitrogens with zero attached hydrogens (tertiary/aromatic N) is 1. The highest BCUT2D eigenvalue weighted by molar-refractivity contribution is 6.30. The lowest BCUT2D eigenvalue weighted by Crippen LogP contribution is -2.52. The molecule has 4 aromatic rings. The van der Waals surface area contributed by atoms with Gasteiger partial charge in [0.05, 0.1) is 5.41 Å². The van der Waals surface area contributed by atoms with Gasteiger partial charge in [-0.3, -0.25) is 15.0 Å². The van der Waals surface area contributed by atoms with Crippen LogP contribution >= 0.6 is 11.6 Å². The van der Waals surface area contributed by atoms with E-state index in [1.165, 1.54) is 48.5 Å². The molecule has 0 unspecified atom stereocenters. The van der Waals surface area contributed by atoms with Crippen molar-refractivity contribution in [3.05, 3.63) is 130 Å². The second-order valence-corrected chi connectivity index (χ2v) is 10.4. The van der Waals surface area contributed by atoms with Gasteiger partial charge in [-0.15, -0.1) is 0 Å². The Hall–Kier alpha value is -4.60. The van der Waals surface area contributed by atoms with Gasteiger partial charge < -0.3 is 9.74 Å². The highest BCUT2D eigenvalue weighted by atomic mass is 35.5. The number of benzene rings is 4. The SMILES string of the molecule is O=C(NNOC(=O)C1(c2ccc(F)cc2)CCN(C(=O)c2ccc(-c3ccc(F)cc3)cc2)CC1)c1ccc(Cl)cc1. The second kappa shape index (κ2) is 12.5. The summed E-state index contributed by atoms with van der Waals surface area (Å²) in [4.78, 5) is 46.0. The molecule has 0 atom stereocenters. The Balaban J connectivity index is 1.26. The van der Waals surface area contributed by atoms with Crippen molar-refractivity contribution in [2.75, 3.05) is 13.1 Å². The summed E-state index contributed by atoms with van der Waals surface area (Å²) in [5.74, 6) is -2.19. The van der Waals surface area contributed by atoms with E-state index in [9.17, 15) is 23.2 Å². The Kier molecular flexibility index (Phi) is 8.61. The first kappa shape index (κ1) is 28.9. The minimum absolute atomic E-state index is 0.199. The number of halogens is 3. The van der Waals surface area contributed by atoms with Crippen LogP contribution in [0.1, 0.15) is 39.1 Å². The maximum atomic E-state index is 13.7. The first-order valence-corrected chi connectivity index (χ1v) is 13.6. The van der Waals surface area contributed by atoms with E-state index in [1.54, 1.807) is 53.4 Å². The van der Waals surface area contributed by atoms with Crippen molar-refractivity contribution in [3.8, 4) is 11.1 Å². The van der Waals surface area contributed by atoms with Crippen molar-refractivity contribution < 1.29 is 28.0 Å². The largest absolute Gasteiger partial charge is 0.350 e. The van der Waals surface area contributed by atoms with Gasteiger partial charge in [-0.1, -0.05) is 53.6 Å². The summed E-state index contributed by atoms with van der Waals surface area (Å²) in [7, 11) is 0. The molecule has 0 aromatic heterocycles. The third kappa shape index (κ3) is 6.32. The lowest BCUT2D eigenvalue weighted by atomic mass is 9.72. The van der Waals surface area contributed by atoms with Gasteiger partial charge in [-0.2, -0.15) is 0 Å². The van der Waals surface area contributed by atoms with Crippen LogP contribution in [0.3, 0.4) is 0 Å². The molecule has 214 valence electrons. The molecule has 1 heterocycles. The zero-order valence-corrected chi connectivity index (χ0v) is 23.0. The van der Waals surface area contributed by atoms with Crippen LogP contribution in [0.2, 0.25) is 5.02 Å². The Bertz CT molecular complexity index is 1570. The van der Waals surface area contributed by atoms with Crippen LogP contribution in [-0.2, 0) is 15.0 Å². The predicted molar refractivity (Wildman–Crippen MR) is 153 cm³/mol. The molecular formula is C32H26ClF2N3O4. The normalized spacial score (nSPS) is 14.2. The lowest BCUT2D eigenvalue weighted by molar-refractivity contribution is -0.162. The monoisotopic (exact) mass is 589 g/mol. The predicted octanol–water partition coefficient (Wildman–Crippen LogP) is 5.85. The van der Waals surface area contributed by atoms with Gasteiger partial charge in [0.15, 0.2) is 0 Å². The Morgan fingerprint density at radius 3 is 1.79 bits per heavy atom. The zero-order chi connectivity index (χ0) is 29.7. The van der Waals surface area contributed by atoms with Gasteiger partial charge in [0.2, 0.25) is 0 Å². The van der Waals surface area contributed by atoms with Gasteiger partial charge in [-0.05, 0) is 90.2 Å². The molecule has 2 N–H and O–H groups in total. The van der Waals surface area contributed by atoms with Crippen LogP contribution < -0.4 is 11.0 Å². The van der Waals surface area contributed by atoms with E-state index >= 15 is 0 Å². The lowest BCUT2D eigenvalue weighted by Gasteiger charge is -2.40. The first-order chi connectivity index (χ1) is 20.2. The smallest absolute Gasteiger partial charge is 0.337 e. The van der Waals surface area contributed by atoms with Gasteiger partial charge in [0.25, 0.3) is 11.8 Å². The maximum absolute atomic E-state index is 13.7. The average molecular weight is 590 g/mol. The van der Waals surface area contributed by atoms with Crippen LogP contribution in [0, 0.1) is 11.6 Å². The summed E-state index contributed by atoms with van der Waals surface area (Å²) in [6.07, 6.45) is 0.424. The summed E-state index contributed by atoms with van der Waals surface area (Å²) < 4.78 is 27.0. The van der Waals surface area contributed by atoms with Crippen molar-refractivity contribution in [1.29, 1.82) is 0 Å². The molecule has 0 aliphatic carbocycles. The van der Waals surface area contributed by atoms with Crippen molar-refractivity contribution in [1.82, 2.24) is 15.9 Å². The van der Waals surface area contributed by atoms with Gasteiger partial charge in [0, 0.05) is 29.2 Å². The van der Waals surface area contributed by atoms with Crippen LogP contribution in [0.5, 0.6) is 0 Å². The minimum Gasteiger partial charge on any atom is -0.350 e. The van der Waals surface area contributed by atoms with E-state index in [-0.39, 0.29) is 37.7 Å². The number of amides is 2. The molecule has 1 fully saturated rings. The van der Waals surface area contributed by atoms with E-state index in [4.69, 9.17) is 16.4 Å². The number of nitrogens with one attached hydrogen (secondary N) is 2. The molecular weight excluding hydrogens is 564 g/mol. The number of hydrazine groups is 1.